The number of nitrogens with one attached hydrogen (secondary N) is 1. The van der Waals surface area contributed by atoms with Gasteiger partial charge >= 0.3 is 12.0 Å². The van der Waals surface area contributed by atoms with E-state index in [-0.39, 0.29) is 30.0 Å². The van der Waals surface area contributed by atoms with Gasteiger partial charge in [0.1, 0.15) is 17.9 Å². The van der Waals surface area contributed by atoms with E-state index in [0.29, 0.717) is 16.3 Å². The lowest BCUT2D eigenvalue weighted by Gasteiger charge is -2.26. The minimum absolute atomic E-state index is 0.158. The molecule has 1 heterocycles. The van der Waals surface area contributed by atoms with Crippen LogP contribution in [0.5, 0.6) is 5.75 Å². The summed E-state index contributed by atoms with van der Waals surface area (Å²) in [6.45, 7) is 2.06. The highest BCUT2D eigenvalue weighted by Gasteiger charge is 2.37. The van der Waals surface area contributed by atoms with Crippen molar-refractivity contribution in [2.75, 3.05) is 11.5 Å². The van der Waals surface area contributed by atoms with Crippen molar-refractivity contribution in [3.8, 4) is 5.75 Å². The zero-order valence-corrected chi connectivity index (χ0v) is 22.1. The Morgan fingerprint density at radius 2 is 1.65 bits per heavy atom. The number of carbonyl (C=O) groups is 4. The van der Waals surface area contributed by atoms with Gasteiger partial charge in [-0.2, -0.15) is 0 Å². The molecule has 0 unspecified atom stereocenters. The van der Waals surface area contributed by atoms with E-state index in [4.69, 9.17) is 21.1 Å². The van der Waals surface area contributed by atoms with E-state index in [9.17, 15) is 19.2 Å². The second-order valence-electron chi connectivity index (χ2n) is 8.80. The molecule has 1 N–H and O–H groups in total. The van der Waals surface area contributed by atoms with Gasteiger partial charge in [0.25, 0.3) is 11.8 Å². The fraction of sp³-hybridized carbons (Fsp3) is 0.0968. The van der Waals surface area contributed by atoms with Crippen molar-refractivity contribution in [2.24, 2.45) is 0 Å². The Kier molecular flexibility index (Phi) is 7.61. The van der Waals surface area contributed by atoms with Gasteiger partial charge in [-0.05, 0) is 60.2 Å². The number of nitrogens with zero attached hydrogens (tertiary/aromatic N) is 1. The number of rotatable bonds is 7. The van der Waals surface area contributed by atoms with E-state index in [0.717, 1.165) is 21.2 Å². The minimum atomic E-state index is -0.899. The first-order chi connectivity index (χ1) is 19.4. The van der Waals surface area contributed by atoms with Crippen LogP contribution in [0.3, 0.4) is 0 Å². The number of benzene rings is 4. The number of fused-ring (bicyclic) bond motifs is 1. The van der Waals surface area contributed by atoms with Crippen molar-refractivity contribution in [3.63, 3.8) is 0 Å². The topological polar surface area (TPSA) is 102 Å². The maximum absolute atomic E-state index is 13.6. The lowest BCUT2D eigenvalue weighted by atomic mass is 9.99. The van der Waals surface area contributed by atoms with E-state index in [1.807, 2.05) is 48.5 Å². The van der Waals surface area contributed by atoms with Crippen LogP contribution in [0.1, 0.15) is 28.4 Å². The lowest BCUT2D eigenvalue weighted by Crippen LogP contribution is -2.54. The third kappa shape index (κ3) is 5.30. The lowest BCUT2D eigenvalue weighted by molar-refractivity contribution is -0.122. The van der Waals surface area contributed by atoms with E-state index in [1.54, 1.807) is 19.1 Å². The fourth-order valence-corrected chi connectivity index (χ4v) is 4.51. The summed E-state index contributed by atoms with van der Waals surface area (Å²) in [5.41, 5.74) is 1.45. The number of ether oxygens (including phenoxy) is 2. The third-order valence-electron chi connectivity index (χ3n) is 6.30. The highest BCUT2D eigenvalue weighted by molar-refractivity contribution is 6.39. The molecule has 40 heavy (non-hydrogen) atoms. The maximum Gasteiger partial charge on any atom is 0.338 e. The highest BCUT2D eigenvalue weighted by atomic mass is 35.5. The molecule has 1 aliphatic rings. The zero-order valence-electron chi connectivity index (χ0n) is 21.3. The number of hydrogen-bond acceptors (Lipinski definition) is 6. The summed E-state index contributed by atoms with van der Waals surface area (Å²) in [5, 5.41) is 4.39. The van der Waals surface area contributed by atoms with Crippen molar-refractivity contribution in [3.05, 3.63) is 112 Å². The monoisotopic (exact) mass is 554 g/mol. The SMILES string of the molecule is CCOC(=O)c1ccc(N2C(=O)NC(=O)/C(=C\c3c(OCc4ccccc4Cl)ccc4ccccc34)C2=O)cc1. The van der Waals surface area contributed by atoms with Crippen LogP contribution >= 0.6 is 11.6 Å². The zero-order chi connectivity index (χ0) is 28.2. The van der Waals surface area contributed by atoms with Crippen LogP contribution in [-0.4, -0.2) is 30.4 Å². The molecule has 0 radical (unpaired) electrons. The molecular formula is C31H23ClN2O6. The summed E-state index contributed by atoms with van der Waals surface area (Å²) < 4.78 is 11.1. The first-order valence-electron chi connectivity index (χ1n) is 12.4. The summed E-state index contributed by atoms with van der Waals surface area (Å²) in [5.74, 6) is -1.75. The average Bonchev–Trinajstić information content (AvgIpc) is 2.95. The van der Waals surface area contributed by atoms with Crippen LogP contribution in [-0.2, 0) is 20.9 Å². The van der Waals surface area contributed by atoms with Crippen molar-refractivity contribution < 1.29 is 28.7 Å². The predicted octanol–water partition coefficient (Wildman–Crippen LogP) is 5.92. The molecule has 0 bridgehead atoms. The molecule has 0 saturated carbocycles. The Morgan fingerprint density at radius 3 is 2.40 bits per heavy atom. The van der Waals surface area contributed by atoms with Gasteiger partial charge < -0.3 is 9.47 Å². The standard InChI is InChI=1S/C31H23ClN2O6/c1-2-39-30(37)20-11-14-22(15-12-20)34-29(36)25(28(35)33-31(34)38)17-24-23-9-5-3-7-19(23)13-16-27(24)40-18-21-8-4-6-10-26(21)32/h3-17H,2,18H2,1H3,(H,33,35,38)/b25-17+. The van der Waals surface area contributed by atoms with Crippen molar-refractivity contribution in [1.82, 2.24) is 5.32 Å². The number of urea groups is 1. The molecule has 200 valence electrons. The Morgan fingerprint density at radius 1 is 0.925 bits per heavy atom. The van der Waals surface area contributed by atoms with Gasteiger partial charge in [0, 0.05) is 16.1 Å². The molecular weight excluding hydrogens is 532 g/mol. The van der Waals surface area contributed by atoms with Crippen LogP contribution in [0.2, 0.25) is 5.02 Å². The summed E-state index contributed by atoms with van der Waals surface area (Å²) in [7, 11) is 0. The van der Waals surface area contributed by atoms with Gasteiger partial charge in [-0.25, -0.2) is 14.5 Å². The Bertz CT molecular complexity index is 1680. The van der Waals surface area contributed by atoms with Gasteiger partial charge in [0.2, 0.25) is 0 Å². The number of esters is 1. The fourth-order valence-electron chi connectivity index (χ4n) is 4.32. The Labute approximate surface area is 234 Å². The summed E-state index contributed by atoms with van der Waals surface area (Å²) in [4.78, 5) is 52.1. The molecule has 4 aromatic carbocycles. The van der Waals surface area contributed by atoms with Gasteiger partial charge in [-0.1, -0.05) is 60.1 Å². The van der Waals surface area contributed by atoms with Gasteiger partial charge in [0.05, 0.1) is 17.9 Å². The molecule has 4 amide bonds. The highest BCUT2D eigenvalue weighted by Crippen LogP contribution is 2.33. The first kappa shape index (κ1) is 26.6. The molecule has 0 spiro atoms. The number of amides is 4. The van der Waals surface area contributed by atoms with E-state index >= 15 is 0 Å². The predicted molar refractivity (Wildman–Crippen MR) is 151 cm³/mol. The molecule has 0 aliphatic carbocycles. The summed E-state index contributed by atoms with van der Waals surface area (Å²) in [6.07, 6.45) is 1.42. The van der Waals surface area contributed by atoms with Crippen molar-refractivity contribution in [2.45, 2.75) is 13.5 Å². The molecule has 0 aromatic heterocycles. The molecule has 9 heteroatoms. The van der Waals surface area contributed by atoms with Gasteiger partial charge in [0.15, 0.2) is 0 Å². The molecule has 0 atom stereocenters. The van der Waals surface area contributed by atoms with E-state index in [1.165, 1.54) is 30.3 Å². The maximum atomic E-state index is 13.6. The van der Waals surface area contributed by atoms with Crippen LogP contribution in [0.25, 0.3) is 16.8 Å². The number of anilines is 1. The van der Waals surface area contributed by atoms with E-state index < -0.39 is 23.8 Å². The average molecular weight is 555 g/mol. The van der Waals surface area contributed by atoms with Crippen LogP contribution < -0.4 is 15.0 Å². The van der Waals surface area contributed by atoms with Gasteiger partial charge in [-0.3, -0.25) is 14.9 Å². The first-order valence-corrected chi connectivity index (χ1v) is 12.8. The third-order valence-corrected chi connectivity index (χ3v) is 6.67. The van der Waals surface area contributed by atoms with Crippen LogP contribution in [0.4, 0.5) is 10.5 Å². The Balaban J connectivity index is 1.53. The number of barbiturate groups is 1. The number of carbonyl (C=O) groups excluding carboxylic acids is 4. The Hall–Kier alpha value is -4.95. The summed E-state index contributed by atoms with van der Waals surface area (Å²) >= 11 is 6.30. The molecule has 5 rings (SSSR count). The molecule has 1 aliphatic heterocycles. The van der Waals surface area contributed by atoms with Crippen molar-refractivity contribution >= 4 is 58.0 Å². The second-order valence-corrected chi connectivity index (χ2v) is 9.21. The molecule has 1 saturated heterocycles. The number of hydrogen-bond donors (Lipinski definition) is 1. The largest absolute Gasteiger partial charge is 0.488 e. The quantitative estimate of drug-likeness (QED) is 0.173. The van der Waals surface area contributed by atoms with E-state index in [2.05, 4.69) is 5.32 Å². The van der Waals surface area contributed by atoms with Crippen LogP contribution in [0.15, 0.2) is 90.5 Å². The normalized spacial score (nSPS) is 14.4. The van der Waals surface area contributed by atoms with Crippen LogP contribution in [0, 0.1) is 0 Å². The number of halogens is 1. The second kappa shape index (κ2) is 11.4. The van der Waals surface area contributed by atoms with Gasteiger partial charge in [-0.15, -0.1) is 0 Å². The number of imide groups is 2. The molecule has 4 aromatic rings. The van der Waals surface area contributed by atoms with Crippen molar-refractivity contribution in [1.29, 1.82) is 0 Å². The summed E-state index contributed by atoms with van der Waals surface area (Å²) in [6, 6.07) is 23.3. The minimum Gasteiger partial charge on any atom is -0.488 e. The smallest absolute Gasteiger partial charge is 0.338 e. The molecule has 1 fully saturated rings. The molecule has 8 nitrogen and oxygen atoms in total.